The van der Waals surface area contributed by atoms with Gasteiger partial charge >= 0.3 is 6.01 Å². The third-order valence-corrected chi connectivity index (χ3v) is 2.39. The number of nitro groups is 1. The van der Waals surface area contributed by atoms with E-state index < -0.39 is 10.9 Å². The third-order valence-electron chi connectivity index (χ3n) is 1.51. The van der Waals surface area contributed by atoms with Gasteiger partial charge in [-0.05, 0) is 34.7 Å². The summed E-state index contributed by atoms with van der Waals surface area (Å²) < 4.78 is 5.74. The second-order valence-electron chi connectivity index (χ2n) is 2.34. The van der Waals surface area contributed by atoms with E-state index in [1.165, 1.54) is 0 Å². The predicted molar refractivity (Wildman–Crippen MR) is 53.4 cm³/mol. The molecular formula is C7H3IN2O3. The van der Waals surface area contributed by atoms with E-state index in [-0.39, 0.29) is 0 Å². The van der Waals surface area contributed by atoms with Gasteiger partial charge in [-0.3, -0.25) is 0 Å². The predicted octanol–water partition coefficient (Wildman–Crippen LogP) is 2.34. The smallest absolute Gasteiger partial charge is 0.381 e. The van der Waals surface area contributed by atoms with Gasteiger partial charge in [-0.15, -0.1) is 0 Å². The number of fused-ring (bicyclic) bond motifs is 1. The largest absolute Gasteiger partial charge is 0.546 e. The first-order chi connectivity index (χ1) is 6.18. The van der Waals surface area contributed by atoms with Gasteiger partial charge < -0.3 is 14.5 Å². The van der Waals surface area contributed by atoms with Crippen molar-refractivity contribution in [1.29, 1.82) is 0 Å². The highest BCUT2D eigenvalue weighted by Gasteiger charge is 2.18. The molecule has 2 aromatic rings. The lowest BCUT2D eigenvalue weighted by molar-refractivity contribution is -0.406. The third kappa shape index (κ3) is 1.37. The van der Waals surface area contributed by atoms with Crippen LogP contribution in [0.2, 0.25) is 0 Å². The maximum atomic E-state index is 10.3. The van der Waals surface area contributed by atoms with Gasteiger partial charge in [0.25, 0.3) is 0 Å². The summed E-state index contributed by atoms with van der Waals surface area (Å²) in [6.45, 7) is 0. The molecule has 0 bridgehead atoms. The molecule has 0 saturated heterocycles. The van der Waals surface area contributed by atoms with Gasteiger partial charge in [0.05, 0.1) is 3.57 Å². The van der Waals surface area contributed by atoms with E-state index in [1.54, 1.807) is 12.1 Å². The summed E-state index contributed by atoms with van der Waals surface area (Å²) in [5, 5.41) is 10.3. The van der Waals surface area contributed by atoms with Crippen molar-refractivity contribution in [3.63, 3.8) is 0 Å². The number of hydrogen-bond donors (Lipinski definition) is 0. The van der Waals surface area contributed by atoms with Gasteiger partial charge in [0, 0.05) is 9.91 Å². The summed E-state index contributed by atoms with van der Waals surface area (Å²) in [4.78, 5) is 13.4. The van der Waals surface area contributed by atoms with Crippen molar-refractivity contribution >= 4 is 39.7 Å². The number of rotatable bonds is 1. The number of hydrogen-bond acceptors (Lipinski definition) is 4. The zero-order chi connectivity index (χ0) is 9.42. The summed E-state index contributed by atoms with van der Waals surface area (Å²) in [6.07, 6.45) is 0. The monoisotopic (exact) mass is 290 g/mol. The first-order valence-corrected chi connectivity index (χ1v) is 4.46. The fourth-order valence-corrected chi connectivity index (χ4v) is 1.58. The summed E-state index contributed by atoms with van der Waals surface area (Å²) in [7, 11) is 0. The first kappa shape index (κ1) is 8.42. The minimum absolute atomic E-state index is 0.443. The highest BCUT2D eigenvalue weighted by atomic mass is 127. The van der Waals surface area contributed by atoms with Crippen LogP contribution in [0.5, 0.6) is 0 Å². The molecule has 0 N–H and O–H groups in total. The van der Waals surface area contributed by atoms with E-state index in [9.17, 15) is 10.1 Å². The highest BCUT2D eigenvalue weighted by molar-refractivity contribution is 14.1. The second kappa shape index (κ2) is 2.95. The molecule has 0 amide bonds. The maximum absolute atomic E-state index is 10.3. The Kier molecular flexibility index (Phi) is 1.91. The lowest BCUT2D eigenvalue weighted by Gasteiger charge is -1.83. The Labute approximate surface area is 86.0 Å². The van der Waals surface area contributed by atoms with Crippen LogP contribution in [0.25, 0.3) is 11.1 Å². The number of halogens is 1. The SMILES string of the molecule is O=[N+]([O-])c1nc2c(I)cccc2o1. The van der Waals surface area contributed by atoms with Gasteiger partial charge in [0.2, 0.25) is 5.52 Å². The molecule has 1 heterocycles. The molecule has 6 heteroatoms. The molecule has 66 valence electrons. The van der Waals surface area contributed by atoms with Crippen molar-refractivity contribution < 1.29 is 9.34 Å². The van der Waals surface area contributed by atoms with Crippen molar-refractivity contribution in [3.05, 3.63) is 31.9 Å². The number of benzene rings is 1. The molecule has 0 aliphatic rings. The average Bonchev–Trinajstić information content (AvgIpc) is 2.49. The van der Waals surface area contributed by atoms with Crippen LogP contribution in [0, 0.1) is 13.7 Å². The first-order valence-electron chi connectivity index (χ1n) is 3.38. The number of aromatic nitrogens is 1. The van der Waals surface area contributed by atoms with E-state index in [0.29, 0.717) is 11.1 Å². The van der Waals surface area contributed by atoms with Crippen molar-refractivity contribution in [3.8, 4) is 0 Å². The van der Waals surface area contributed by atoms with E-state index in [4.69, 9.17) is 4.42 Å². The van der Waals surface area contributed by atoms with Crippen LogP contribution < -0.4 is 0 Å². The Bertz CT molecular complexity index is 480. The van der Waals surface area contributed by atoms with Crippen molar-refractivity contribution in [2.75, 3.05) is 0 Å². The van der Waals surface area contributed by atoms with E-state index in [2.05, 4.69) is 4.98 Å². The van der Waals surface area contributed by atoms with E-state index >= 15 is 0 Å². The lowest BCUT2D eigenvalue weighted by Crippen LogP contribution is -1.86. The topological polar surface area (TPSA) is 69.2 Å². The molecule has 0 saturated carbocycles. The molecule has 0 radical (unpaired) electrons. The molecule has 0 aliphatic carbocycles. The van der Waals surface area contributed by atoms with E-state index in [0.717, 1.165) is 3.57 Å². The molecule has 0 fully saturated rings. The Morgan fingerprint density at radius 1 is 1.54 bits per heavy atom. The van der Waals surface area contributed by atoms with Crippen LogP contribution in [0.1, 0.15) is 0 Å². The van der Waals surface area contributed by atoms with Gasteiger partial charge in [0.15, 0.2) is 5.58 Å². The second-order valence-corrected chi connectivity index (χ2v) is 3.50. The van der Waals surface area contributed by atoms with Gasteiger partial charge in [-0.25, -0.2) is 0 Å². The molecule has 5 nitrogen and oxygen atoms in total. The van der Waals surface area contributed by atoms with Crippen LogP contribution >= 0.6 is 22.6 Å². The maximum Gasteiger partial charge on any atom is 0.546 e. The van der Waals surface area contributed by atoms with Crippen LogP contribution in [-0.2, 0) is 0 Å². The van der Waals surface area contributed by atoms with Crippen molar-refractivity contribution in [2.24, 2.45) is 0 Å². The zero-order valence-corrected chi connectivity index (χ0v) is 8.39. The quantitative estimate of drug-likeness (QED) is 0.459. The summed E-state index contributed by atoms with van der Waals surface area (Å²) in [5.74, 6) is 0. The Balaban J connectivity index is 2.75. The average molecular weight is 290 g/mol. The molecule has 1 aromatic carbocycles. The number of oxazole rings is 1. The van der Waals surface area contributed by atoms with Gasteiger partial charge in [-0.1, -0.05) is 6.07 Å². The molecule has 0 spiro atoms. The summed E-state index contributed by atoms with van der Waals surface area (Å²) in [5.41, 5.74) is 0.980. The fourth-order valence-electron chi connectivity index (χ4n) is 0.981. The normalized spacial score (nSPS) is 10.5. The molecule has 13 heavy (non-hydrogen) atoms. The Hall–Kier alpha value is -1.18. The molecule has 1 aromatic heterocycles. The van der Waals surface area contributed by atoms with Crippen molar-refractivity contribution in [2.45, 2.75) is 0 Å². The van der Waals surface area contributed by atoms with Gasteiger partial charge in [0.1, 0.15) is 0 Å². The van der Waals surface area contributed by atoms with Crippen LogP contribution in [0.3, 0.4) is 0 Å². The van der Waals surface area contributed by atoms with Gasteiger partial charge in [-0.2, -0.15) is 0 Å². The lowest BCUT2D eigenvalue weighted by atomic mass is 10.3. The van der Waals surface area contributed by atoms with E-state index in [1.807, 2.05) is 28.7 Å². The number of nitrogens with zero attached hydrogens (tertiary/aromatic N) is 2. The minimum atomic E-state index is -0.643. The van der Waals surface area contributed by atoms with Crippen molar-refractivity contribution in [1.82, 2.24) is 4.98 Å². The molecular weight excluding hydrogens is 287 g/mol. The highest BCUT2D eigenvalue weighted by Crippen LogP contribution is 2.23. The Morgan fingerprint density at radius 3 is 2.92 bits per heavy atom. The molecule has 0 aliphatic heterocycles. The fraction of sp³-hybridized carbons (Fsp3) is 0. The summed E-state index contributed by atoms with van der Waals surface area (Å²) >= 11 is 2.05. The minimum Gasteiger partial charge on any atom is -0.381 e. The zero-order valence-electron chi connectivity index (χ0n) is 6.23. The van der Waals surface area contributed by atoms with Crippen LogP contribution in [-0.4, -0.2) is 9.91 Å². The molecule has 0 unspecified atom stereocenters. The number of para-hydroxylation sites is 1. The Morgan fingerprint density at radius 2 is 2.31 bits per heavy atom. The van der Waals surface area contributed by atoms with Crippen LogP contribution in [0.4, 0.5) is 6.01 Å². The van der Waals surface area contributed by atoms with Crippen LogP contribution in [0.15, 0.2) is 22.6 Å². The standard InChI is InChI=1S/C7H3IN2O3/c8-4-2-1-3-5-6(4)9-7(13-5)10(11)12/h1-3H. The molecule has 0 atom stereocenters. The summed E-state index contributed by atoms with van der Waals surface area (Å²) in [6, 6.07) is 4.77. The molecule has 2 rings (SSSR count).